The van der Waals surface area contributed by atoms with Crippen molar-refractivity contribution >= 4 is 39.7 Å². The number of nitrogens with one attached hydrogen (secondary N) is 2. The molecule has 2 amide bonds. The molecule has 0 atom stereocenters. The third-order valence-corrected chi connectivity index (χ3v) is 5.38. The summed E-state index contributed by atoms with van der Waals surface area (Å²) in [5, 5.41) is 22.9. The zero-order valence-electron chi connectivity index (χ0n) is 17.6. The van der Waals surface area contributed by atoms with Crippen LogP contribution in [0.3, 0.4) is 0 Å². The number of thiazole rings is 1. The lowest BCUT2D eigenvalue weighted by molar-refractivity contribution is -0.384. The molecular weight excluding hydrogens is 460 g/mol. The molecular formula is C22H16N6O5S. The summed E-state index contributed by atoms with van der Waals surface area (Å²) in [5.74, 6) is -1.15. The van der Waals surface area contributed by atoms with Gasteiger partial charge in [0.05, 0.1) is 4.92 Å². The van der Waals surface area contributed by atoms with Crippen molar-refractivity contribution in [2.24, 2.45) is 0 Å². The molecule has 0 unspecified atom stereocenters. The standard InChI is InChI=1S/C22H16N6O5S/c1-13-12-18(29)19(26-27(13)16-4-2-3-5-17(16)28(32)33)21(31)24-15-8-6-14(7-9-15)20(30)25-22-23-10-11-34-22/h2-12H,1H3,(H,24,31)(H,23,25,30). The van der Waals surface area contributed by atoms with E-state index in [1.165, 1.54) is 64.5 Å². The highest BCUT2D eigenvalue weighted by Gasteiger charge is 2.20. The Bertz CT molecular complexity index is 1450. The topological polar surface area (TPSA) is 149 Å². The fraction of sp³-hybridized carbons (Fsp3) is 0.0455. The number of carbonyl (C=O) groups is 2. The van der Waals surface area contributed by atoms with Gasteiger partial charge in [-0.25, -0.2) is 9.67 Å². The minimum Gasteiger partial charge on any atom is -0.320 e. The largest absolute Gasteiger partial charge is 0.320 e. The number of amides is 2. The summed E-state index contributed by atoms with van der Waals surface area (Å²) < 4.78 is 1.18. The Hall–Kier alpha value is -4.71. The van der Waals surface area contributed by atoms with Crippen LogP contribution in [0.4, 0.5) is 16.5 Å². The molecule has 2 N–H and O–H groups in total. The number of aryl methyl sites for hydroxylation is 1. The fourth-order valence-corrected chi connectivity index (χ4v) is 3.62. The summed E-state index contributed by atoms with van der Waals surface area (Å²) in [4.78, 5) is 52.3. The normalized spacial score (nSPS) is 10.5. The van der Waals surface area contributed by atoms with Gasteiger partial charge in [-0.05, 0) is 37.3 Å². The molecule has 0 aliphatic carbocycles. The summed E-state index contributed by atoms with van der Waals surface area (Å²) in [6, 6.07) is 13.1. The summed E-state index contributed by atoms with van der Waals surface area (Å²) in [6.45, 7) is 1.56. The van der Waals surface area contributed by atoms with Crippen LogP contribution in [0.1, 0.15) is 26.5 Å². The molecule has 4 aromatic rings. The zero-order chi connectivity index (χ0) is 24.2. The highest BCUT2D eigenvalue weighted by Crippen LogP contribution is 2.22. The Kier molecular flexibility index (Phi) is 6.23. The van der Waals surface area contributed by atoms with Gasteiger partial charge in [-0.15, -0.1) is 11.3 Å². The van der Waals surface area contributed by atoms with Crippen molar-refractivity contribution < 1.29 is 14.5 Å². The van der Waals surface area contributed by atoms with E-state index in [0.717, 1.165) is 0 Å². The minimum absolute atomic E-state index is 0.120. The van der Waals surface area contributed by atoms with E-state index in [4.69, 9.17) is 0 Å². The quantitative estimate of drug-likeness (QED) is 0.320. The minimum atomic E-state index is -0.794. The monoisotopic (exact) mass is 476 g/mol. The van der Waals surface area contributed by atoms with Crippen LogP contribution in [0.5, 0.6) is 0 Å². The van der Waals surface area contributed by atoms with Crippen LogP contribution in [0.2, 0.25) is 0 Å². The summed E-state index contributed by atoms with van der Waals surface area (Å²) >= 11 is 1.28. The predicted octanol–water partition coefficient (Wildman–Crippen LogP) is 3.41. The Morgan fingerprint density at radius 3 is 2.47 bits per heavy atom. The first-order chi connectivity index (χ1) is 16.3. The Morgan fingerprint density at radius 2 is 1.79 bits per heavy atom. The van der Waals surface area contributed by atoms with E-state index in [1.807, 2.05) is 0 Å². The van der Waals surface area contributed by atoms with Crippen molar-refractivity contribution in [1.82, 2.24) is 14.8 Å². The van der Waals surface area contributed by atoms with E-state index in [9.17, 15) is 24.5 Å². The molecule has 170 valence electrons. The molecule has 0 aliphatic rings. The molecule has 2 aromatic carbocycles. The lowest BCUT2D eigenvalue weighted by atomic mass is 10.2. The van der Waals surface area contributed by atoms with Gasteiger partial charge in [-0.1, -0.05) is 12.1 Å². The van der Waals surface area contributed by atoms with Crippen molar-refractivity contribution in [2.75, 3.05) is 10.6 Å². The number of benzene rings is 2. The molecule has 2 heterocycles. The number of para-hydroxylation sites is 2. The zero-order valence-corrected chi connectivity index (χ0v) is 18.4. The van der Waals surface area contributed by atoms with Crippen LogP contribution in [0.15, 0.2) is 71.0 Å². The molecule has 0 spiro atoms. The Balaban J connectivity index is 1.57. The first kappa shape index (κ1) is 22.5. The number of anilines is 2. The maximum absolute atomic E-state index is 12.8. The molecule has 4 rings (SSSR count). The molecule has 0 bridgehead atoms. The van der Waals surface area contributed by atoms with Gasteiger partial charge in [-0.2, -0.15) is 5.10 Å². The first-order valence-corrected chi connectivity index (χ1v) is 10.7. The predicted molar refractivity (Wildman–Crippen MR) is 126 cm³/mol. The lowest BCUT2D eigenvalue weighted by Crippen LogP contribution is -2.27. The molecule has 34 heavy (non-hydrogen) atoms. The maximum atomic E-state index is 12.8. The van der Waals surface area contributed by atoms with Gasteiger partial charge in [0.25, 0.3) is 17.5 Å². The second-order valence-electron chi connectivity index (χ2n) is 6.98. The third kappa shape index (κ3) is 4.71. The first-order valence-electron chi connectivity index (χ1n) is 9.80. The summed E-state index contributed by atoms with van der Waals surface area (Å²) in [7, 11) is 0. The van der Waals surface area contributed by atoms with Gasteiger partial charge in [0, 0.05) is 40.7 Å². The smallest absolute Gasteiger partial charge is 0.294 e. The van der Waals surface area contributed by atoms with E-state index >= 15 is 0 Å². The molecule has 12 heteroatoms. The number of nitro groups is 1. The summed E-state index contributed by atoms with van der Waals surface area (Å²) in [5.41, 5.74) is -0.172. The number of nitrogens with zero attached hydrogens (tertiary/aromatic N) is 4. The lowest BCUT2D eigenvalue weighted by Gasteiger charge is -2.12. The maximum Gasteiger partial charge on any atom is 0.294 e. The van der Waals surface area contributed by atoms with E-state index < -0.39 is 22.0 Å². The van der Waals surface area contributed by atoms with Gasteiger partial charge >= 0.3 is 0 Å². The van der Waals surface area contributed by atoms with Gasteiger partial charge in [0.1, 0.15) is 5.69 Å². The van der Waals surface area contributed by atoms with Gasteiger partial charge < -0.3 is 5.32 Å². The molecule has 0 saturated carbocycles. The van der Waals surface area contributed by atoms with Crippen molar-refractivity contribution in [2.45, 2.75) is 6.92 Å². The van der Waals surface area contributed by atoms with E-state index in [1.54, 1.807) is 24.6 Å². The van der Waals surface area contributed by atoms with Gasteiger partial charge in [0.15, 0.2) is 10.8 Å². The Morgan fingerprint density at radius 1 is 1.06 bits per heavy atom. The van der Waals surface area contributed by atoms with Gasteiger partial charge in [0.2, 0.25) is 5.43 Å². The molecule has 0 aliphatic heterocycles. The van der Waals surface area contributed by atoms with Crippen LogP contribution in [-0.4, -0.2) is 31.5 Å². The van der Waals surface area contributed by atoms with E-state index in [2.05, 4.69) is 20.7 Å². The number of rotatable bonds is 6. The number of carbonyl (C=O) groups excluding carboxylic acids is 2. The third-order valence-electron chi connectivity index (χ3n) is 4.69. The molecule has 0 radical (unpaired) electrons. The second kappa shape index (κ2) is 9.42. The van der Waals surface area contributed by atoms with E-state index in [-0.39, 0.29) is 17.3 Å². The summed E-state index contributed by atoms with van der Waals surface area (Å²) in [6.07, 6.45) is 1.57. The average molecular weight is 476 g/mol. The molecule has 0 fully saturated rings. The van der Waals surface area contributed by atoms with Crippen LogP contribution in [0.25, 0.3) is 5.69 Å². The molecule has 0 saturated heterocycles. The number of hydrogen-bond acceptors (Lipinski definition) is 8. The van der Waals surface area contributed by atoms with Crippen LogP contribution < -0.4 is 16.1 Å². The molecule has 11 nitrogen and oxygen atoms in total. The van der Waals surface area contributed by atoms with Crippen molar-refractivity contribution in [3.63, 3.8) is 0 Å². The highest BCUT2D eigenvalue weighted by molar-refractivity contribution is 7.13. The van der Waals surface area contributed by atoms with Crippen molar-refractivity contribution in [3.8, 4) is 5.69 Å². The van der Waals surface area contributed by atoms with Crippen LogP contribution >= 0.6 is 11.3 Å². The number of aromatic nitrogens is 3. The number of hydrogen-bond donors (Lipinski definition) is 2. The van der Waals surface area contributed by atoms with Crippen LogP contribution in [0, 0.1) is 17.0 Å². The highest BCUT2D eigenvalue weighted by atomic mass is 32.1. The number of nitro benzene ring substituents is 1. The van der Waals surface area contributed by atoms with Crippen molar-refractivity contribution in [1.29, 1.82) is 0 Å². The fourth-order valence-electron chi connectivity index (χ4n) is 3.10. The second-order valence-corrected chi connectivity index (χ2v) is 7.87. The van der Waals surface area contributed by atoms with Gasteiger partial charge in [-0.3, -0.25) is 29.8 Å². The van der Waals surface area contributed by atoms with Crippen LogP contribution in [-0.2, 0) is 0 Å². The average Bonchev–Trinajstić information content (AvgIpc) is 3.32. The SMILES string of the molecule is Cc1cc(=O)c(C(=O)Nc2ccc(C(=O)Nc3nccs3)cc2)nn1-c1ccccc1[N+](=O)[O-]. The molecule has 2 aromatic heterocycles. The van der Waals surface area contributed by atoms with Crippen molar-refractivity contribution in [3.05, 3.63) is 103 Å². The van der Waals surface area contributed by atoms with E-state index in [0.29, 0.717) is 22.1 Å². The Labute approximate surface area is 195 Å².